The highest BCUT2D eigenvalue weighted by Crippen LogP contribution is 2.23. The van der Waals surface area contributed by atoms with Crippen molar-refractivity contribution in [3.63, 3.8) is 0 Å². The van der Waals surface area contributed by atoms with Gasteiger partial charge in [0.2, 0.25) is 0 Å². The Labute approximate surface area is 205 Å². The molecule has 0 spiro atoms. The molecule has 34 heavy (non-hydrogen) atoms. The molecule has 9 heteroatoms. The summed E-state index contributed by atoms with van der Waals surface area (Å²) in [5, 5.41) is 18.6. The number of hydrogen-bond acceptors (Lipinski definition) is 5. The van der Waals surface area contributed by atoms with Crippen molar-refractivity contribution in [3.05, 3.63) is 58.6 Å². The van der Waals surface area contributed by atoms with E-state index in [9.17, 15) is 4.79 Å². The number of carbonyl (C=O) groups is 1. The average molecular weight is 482 g/mol. The number of amides is 2. The van der Waals surface area contributed by atoms with Gasteiger partial charge in [0.15, 0.2) is 5.82 Å². The van der Waals surface area contributed by atoms with Gasteiger partial charge in [-0.05, 0) is 90.0 Å². The minimum atomic E-state index is -0.189. The number of carbonyl (C=O) groups excluding carboxylic acids is 1. The van der Waals surface area contributed by atoms with E-state index >= 15 is 0 Å². The molecule has 180 valence electrons. The lowest BCUT2D eigenvalue weighted by Crippen LogP contribution is -2.42. The Morgan fingerprint density at radius 2 is 2.09 bits per heavy atom. The lowest BCUT2D eigenvalue weighted by atomic mass is 9.97. The number of halogens is 1. The molecule has 1 aliphatic rings. The Bertz CT molecular complexity index is 1120. The highest BCUT2D eigenvalue weighted by atomic mass is 35.5. The first-order chi connectivity index (χ1) is 16.5. The van der Waals surface area contributed by atoms with E-state index in [0.717, 1.165) is 67.2 Å². The van der Waals surface area contributed by atoms with Gasteiger partial charge in [-0.1, -0.05) is 30.7 Å². The summed E-state index contributed by atoms with van der Waals surface area (Å²) in [5.74, 6) is 1.11. The Hall–Kier alpha value is -2.97. The molecule has 8 nitrogen and oxygen atoms in total. The lowest BCUT2D eigenvalue weighted by molar-refractivity contribution is 0.174. The normalized spacial score (nSPS) is 16.4. The van der Waals surface area contributed by atoms with Crippen molar-refractivity contribution in [1.29, 1.82) is 0 Å². The molecule has 2 aromatic carbocycles. The molecule has 1 atom stereocenters. The van der Waals surface area contributed by atoms with Crippen LogP contribution < -0.4 is 10.6 Å². The number of anilines is 1. The van der Waals surface area contributed by atoms with Crippen LogP contribution in [0.4, 0.5) is 10.5 Å². The Kier molecular flexibility index (Phi) is 8.13. The molecule has 0 bridgehead atoms. The van der Waals surface area contributed by atoms with Crippen molar-refractivity contribution >= 4 is 23.3 Å². The van der Waals surface area contributed by atoms with E-state index in [4.69, 9.17) is 11.6 Å². The molecule has 2 N–H and O–H groups in total. The zero-order valence-electron chi connectivity index (χ0n) is 19.8. The van der Waals surface area contributed by atoms with E-state index in [-0.39, 0.29) is 6.03 Å². The predicted octanol–water partition coefficient (Wildman–Crippen LogP) is 4.17. The van der Waals surface area contributed by atoms with Gasteiger partial charge in [-0.3, -0.25) is 0 Å². The first-order valence-electron chi connectivity index (χ1n) is 11.9. The maximum atomic E-state index is 12.6. The van der Waals surface area contributed by atoms with Crippen LogP contribution in [0.2, 0.25) is 5.02 Å². The monoisotopic (exact) mass is 481 g/mol. The fourth-order valence-electron chi connectivity index (χ4n) is 4.48. The van der Waals surface area contributed by atoms with Gasteiger partial charge in [0.25, 0.3) is 0 Å². The molecule has 3 aromatic rings. The summed E-state index contributed by atoms with van der Waals surface area (Å²) in [6, 6.07) is 13.8. The smallest absolute Gasteiger partial charge is 0.319 e. The number of aromatic nitrogens is 4. The van der Waals surface area contributed by atoms with Crippen LogP contribution in [0.3, 0.4) is 0 Å². The molecule has 0 radical (unpaired) electrons. The van der Waals surface area contributed by atoms with Crippen LogP contribution in [-0.2, 0) is 19.9 Å². The Morgan fingerprint density at radius 1 is 1.21 bits per heavy atom. The largest absolute Gasteiger partial charge is 0.338 e. The van der Waals surface area contributed by atoms with E-state index in [1.54, 1.807) is 11.7 Å². The van der Waals surface area contributed by atoms with E-state index in [1.165, 1.54) is 5.56 Å². The molecule has 0 unspecified atom stereocenters. The second-order valence-electron chi connectivity index (χ2n) is 8.92. The van der Waals surface area contributed by atoms with Gasteiger partial charge in [-0.25, -0.2) is 9.48 Å². The number of aryl methyl sites for hydroxylation is 2. The standard InChI is InChI=1S/C25H32ClN7O/c1-3-18-12-21(24-29-30-31-32(24)2)15-23(14-18)28-25(34)27-16-20-7-5-10-33(17-20)11-9-19-6-4-8-22(26)13-19/h4,6,8,12-15,20H,3,5,7,9-11,16-17H2,1-2H3,(H2,27,28,34)/t20-/m0/s1. The summed E-state index contributed by atoms with van der Waals surface area (Å²) >= 11 is 6.11. The van der Waals surface area contributed by atoms with Crippen LogP contribution in [0, 0.1) is 5.92 Å². The van der Waals surface area contributed by atoms with Gasteiger partial charge in [0.05, 0.1) is 0 Å². The number of hydrogen-bond donors (Lipinski definition) is 2. The van der Waals surface area contributed by atoms with Crippen molar-refractivity contribution in [3.8, 4) is 11.4 Å². The summed E-state index contributed by atoms with van der Waals surface area (Å²) < 4.78 is 1.62. The zero-order chi connectivity index (χ0) is 23.9. The summed E-state index contributed by atoms with van der Waals surface area (Å²) in [7, 11) is 1.80. The van der Waals surface area contributed by atoms with Gasteiger partial charge in [0, 0.05) is 43.0 Å². The highest BCUT2D eigenvalue weighted by Gasteiger charge is 2.20. The third-order valence-corrected chi connectivity index (χ3v) is 6.53. The molecule has 4 rings (SSSR count). The highest BCUT2D eigenvalue weighted by molar-refractivity contribution is 6.30. The Morgan fingerprint density at radius 3 is 2.85 bits per heavy atom. The van der Waals surface area contributed by atoms with Gasteiger partial charge in [-0.15, -0.1) is 5.10 Å². The average Bonchev–Trinajstić information content (AvgIpc) is 3.27. The fourth-order valence-corrected chi connectivity index (χ4v) is 4.70. The molecule has 0 aliphatic carbocycles. The number of likely N-dealkylation sites (tertiary alicyclic amines) is 1. The summed E-state index contributed by atoms with van der Waals surface area (Å²) in [6.07, 6.45) is 4.11. The third kappa shape index (κ3) is 6.55. The van der Waals surface area contributed by atoms with Gasteiger partial charge in [0.1, 0.15) is 0 Å². The number of urea groups is 1. The second-order valence-corrected chi connectivity index (χ2v) is 9.36. The van der Waals surface area contributed by atoms with E-state index < -0.39 is 0 Å². The lowest BCUT2D eigenvalue weighted by Gasteiger charge is -2.32. The molecular formula is C25H32ClN7O. The minimum Gasteiger partial charge on any atom is -0.338 e. The number of nitrogens with one attached hydrogen (secondary N) is 2. The second kappa shape index (κ2) is 11.4. The molecule has 2 heterocycles. The van der Waals surface area contributed by atoms with E-state index in [0.29, 0.717) is 18.3 Å². The van der Waals surface area contributed by atoms with Crippen LogP contribution in [0.1, 0.15) is 30.9 Å². The fraction of sp³-hybridized carbons (Fsp3) is 0.440. The molecule has 0 saturated carbocycles. The van der Waals surface area contributed by atoms with Crippen LogP contribution in [0.5, 0.6) is 0 Å². The number of tetrazole rings is 1. The molecule has 1 saturated heterocycles. The SMILES string of the molecule is CCc1cc(NC(=O)NC[C@@H]2CCCN(CCc3cccc(Cl)c3)C2)cc(-c2nnnn2C)c1. The summed E-state index contributed by atoms with van der Waals surface area (Å²) in [6.45, 7) is 5.85. The number of piperidine rings is 1. The summed E-state index contributed by atoms with van der Waals surface area (Å²) in [5.41, 5.74) is 3.99. The minimum absolute atomic E-state index is 0.189. The van der Waals surface area contributed by atoms with Crippen molar-refractivity contribution in [1.82, 2.24) is 30.4 Å². The first-order valence-corrected chi connectivity index (χ1v) is 12.3. The van der Waals surface area contributed by atoms with Gasteiger partial charge >= 0.3 is 6.03 Å². The van der Waals surface area contributed by atoms with Gasteiger partial charge < -0.3 is 15.5 Å². The topological polar surface area (TPSA) is 88.0 Å². The quantitative estimate of drug-likeness (QED) is 0.504. The van der Waals surface area contributed by atoms with Crippen LogP contribution in [-0.4, -0.2) is 57.3 Å². The van der Waals surface area contributed by atoms with Crippen molar-refractivity contribution in [2.24, 2.45) is 13.0 Å². The number of nitrogens with zero attached hydrogens (tertiary/aromatic N) is 5. The van der Waals surface area contributed by atoms with E-state index in [1.807, 2.05) is 30.3 Å². The molecule has 1 aliphatic heterocycles. The van der Waals surface area contributed by atoms with E-state index in [2.05, 4.69) is 50.1 Å². The Balaban J connectivity index is 1.28. The maximum Gasteiger partial charge on any atom is 0.319 e. The molecular weight excluding hydrogens is 450 g/mol. The van der Waals surface area contributed by atoms with Crippen LogP contribution in [0.25, 0.3) is 11.4 Å². The van der Waals surface area contributed by atoms with Crippen molar-refractivity contribution in [2.75, 3.05) is 31.5 Å². The zero-order valence-corrected chi connectivity index (χ0v) is 20.6. The number of rotatable bonds is 8. The molecule has 2 amide bonds. The number of benzene rings is 2. The van der Waals surface area contributed by atoms with Crippen molar-refractivity contribution in [2.45, 2.75) is 32.6 Å². The van der Waals surface area contributed by atoms with Crippen molar-refractivity contribution < 1.29 is 4.79 Å². The summed E-state index contributed by atoms with van der Waals surface area (Å²) in [4.78, 5) is 15.1. The third-order valence-electron chi connectivity index (χ3n) is 6.30. The van der Waals surface area contributed by atoms with Crippen LogP contribution in [0.15, 0.2) is 42.5 Å². The predicted molar refractivity (Wildman–Crippen MR) is 135 cm³/mol. The molecule has 1 fully saturated rings. The first kappa shape index (κ1) is 24.2. The van der Waals surface area contributed by atoms with Crippen LogP contribution >= 0.6 is 11.6 Å². The maximum absolute atomic E-state index is 12.6. The molecule has 1 aromatic heterocycles. The van der Waals surface area contributed by atoms with Gasteiger partial charge in [-0.2, -0.15) is 0 Å².